The highest BCUT2D eigenvalue weighted by molar-refractivity contribution is 7.99. The van der Waals surface area contributed by atoms with Crippen LogP contribution in [-0.4, -0.2) is 26.4 Å². The highest BCUT2D eigenvalue weighted by Crippen LogP contribution is 2.31. The molecule has 112 valence electrons. The van der Waals surface area contributed by atoms with Crippen LogP contribution < -0.4 is 0 Å². The zero-order valence-electron chi connectivity index (χ0n) is 12.3. The van der Waals surface area contributed by atoms with Crippen LogP contribution in [0.1, 0.15) is 44.7 Å². The van der Waals surface area contributed by atoms with Gasteiger partial charge in [0.05, 0.1) is 11.4 Å². The largest absolute Gasteiger partial charge is 0.481 e. The second-order valence-corrected chi connectivity index (χ2v) is 6.90. The molecule has 5 heteroatoms. The number of nitrogens with zero attached hydrogens (tertiary/aromatic N) is 2. The van der Waals surface area contributed by atoms with Gasteiger partial charge in [-0.25, -0.2) is 4.98 Å². The lowest BCUT2D eigenvalue weighted by atomic mass is 9.81. The SMILES string of the molecule is Cc1cn(CCC2CCC(C)CC2)c(SCC(=O)O)n1. The number of aromatic nitrogens is 2. The molecule has 0 unspecified atom stereocenters. The van der Waals surface area contributed by atoms with Crippen molar-refractivity contribution in [2.24, 2.45) is 11.8 Å². The number of imidazole rings is 1. The molecular formula is C15H24N2O2S. The molecule has 1 aliphatic rings. The Balaban J connectivity index is 1.87. The van der Waals surface area contributed by atoms with Crippen LogP contribution in [0.4, 0.5) is 0 Å². The van der Waals surface area contributed by atoms with Crippen molar-refractivity contribution in [3.05, 3.63) is 11.9 Å². The quantitative estimate of drug-likeness (QED) is 0.815. The van der Waals surface area contributed by atoms with Gasteiger partial charge in [0.25, 0.3) is 0 Å². The zero-order valence-corrected chi connectivity index (χ0v) is 13.2. The first-order valence-corrected chi connectivity index (χ1v) is 8.41. The molecule has 1 aromatic heterocycles. The topological polar surface area (TPSA) is 55.1 Å². The molecular weight excluding hydrogens is 272 g/mol. The van der Waals surface area contributed by atoms with E-state index in [0.29, 0.717) is 0 Å². The van der Waals surface area contributed by atoms with Crippen molar-refractivity contribution >= 4 is 17.7 Å². The van der Waals surface area contributed by atoms with Crippen molar-refractivity contribution in [3.8, 4) is 0 Å². The summed E-state index contributed by atoms with van der Waals surface area (Å²) in [5.41, 5.74) is 0.968. The monoisotopic (exact) mass is 296 g/mol. The third kappa shape index (κ3) is 4.54. The van der Waals surface area contributed by atoms with Gasteiger partial charge in [-0.15, -0.1) is 0 Å². The van der Waals surface area contributed by atoms with Gasteiger partial charge in [-0.1, -0.05) is 44.4 Å². The Morgan fingerprint density at radius 1 is 1.45 bits per heavy atom. The van der Waals surface area contributed by atoms with Crippen LogP contribution in [0.3, 0.4) is 0 Å². The maximum absolute atomic E-state index is 10.7. The predicted octanol–water partition coefficient (Wildman–Crippen LogP) is 3.58. The summed E-state index contributed by atoms with van der Waals surface area (Å²) in [6, 6.07) is 0. The van der Waals surface area contributed by atoms with Gasteiger partial charge < -0.3 is 9.67 Å². The molecule has 1 heterocycles. The van der Waals surface area contributed by atoms with E-state index in [0.717, 1.165) is 29.2 Å². The molecule has 0 bridgehead atoms. The predicted molar refractivity (Wildman–Crippen MR) is 81.1 cm³/mol. The maximum atomic E-state index is 10.7. The summed E-state index contributed by atoms with van der Waals surface area (Å²) < 4.78 is 2.13. The van der Waals surface area contributed by atoms with Crippen molar-refractivity contribution < 1.29 is 9.90 Å². The van der Waals surface area contributed by atoms with Gasteiger partial charge in [-0.05, 0) is 25.2 Å². The Labute approximate surface area is 125 Å². The van der Waals surface area contributed by atoms with Crippen LogP contribution in [0.15, 0.2) is 11.4 Å². The van der Waals surface area contributed by atoms with E-state index in [1.807, 2.05) is 13.1 Å². The van der Waals surface area contributed by atoms with E-state index < -0.39 is 5.97 Å². The molecule has 0 atom stereocenters. The van der Waals surface area contributed by atoms with Crippen LogP contribution in [0.25, 0.3) is 0 Å². The molecule has 0 radical (unpaired) electrons. The van der Waals surface area contributed by atoms with Crippen LogP contribution in [0, 0.1) is 18.8 Å². The minimum absolute atomic E-state index is 0.0808. The van der Waals surface area contributed by atoms with E-state index in [1.165, 1.54) is 43.9 Å². The van der Waals surface area contributed by atoms with Crippen molar-refractivity contribution in [2.45, 2.75) is 57.7 Å². The van der Waals surface area contributed by atoms with Crippen molar-refractivity contribution in [1.29, 1.82) is 0 Å². The number of hydrogen-bond acceptors (Lipinski definition) is 3. The van der Waals surface area contributed by atoms with Gasteiger partial charge in [0.2, 0.25) is 0 Å². The molecule has 0 aliphatic heterocycles. The lowest BCUT2D eigenvalue weighted by molar-refractivity contribution is -0.133. The van der Waals surface area contributed by atoms with Crippen molar-refractivity contribution in [3.63, 3.8) is 0 Å². The molecule has 1 saturated carbocycles. The number of rotatable bonds is 6. The first-order chi connectivity index (χ1) is 9.54. The van der Waals surface area contributed by atoms with Crippen LogP contribution in [-0.2, 0) is 11.3 Å². The van der Waals surface area contributed by atoms with E-state index >= 15 is 0 Å². The first-order valence-electron chi connectivity index (χ1n) is 7.43. The van der Waals surface area contributed by atoms with Crippen molar-refractivity contribution in [1.82, 2.24) is 9.55 Å². The minimum Gasteiger partial charge on any atom is -0.481 e. The molecule has 4 nitrogen and oxygen atoms in total. The Kier molecular flexibility index (Phi) is 5.52. The fraction of sp³-hybridized carbons (Fsp3) is 0.733. The van der Waals surface area contributed by atoms with Crippen LogP contribution in [0.2, 0.25) is 0 Å². The molecule has 1 fully saturated rings. The number of aliphatic carboxylic acids is 1. The first kappa shape index (κ1) is 15.4. The van der Waals surface area contributed by atoms with E-state index in [9.17, 15) is 4.79 Å². The summed E-state index contributed by atoms with van der Waals surface area (Å²) in [6.07, 6.45) is 8.61. The Hall–Kier alpha value is -0.970. The molecule has 1 aliphatic carbocycles. The standard InChI is InChI=1S/C15H24N2O2S/c1-11-3-5-13(6-4-11)7-8-17-9-12(2)16-15(17)20-10-14(18)19/h9,11,13H,3-8,10H2,1-2H3,(H,18,19). The smallest absolute Gasteiger partial charge is 0.313 e. The third-order valence-corrected chi connectivity index (χ3v) is 5.07. The Morgan fingerprint density at radius 2 is 2.15 bits per heavy atom. The summed E-state index contributed by atoms with van der Waals surface area (Å²) in [5.74, 6) is 1.01. The molecule has 1 aromatic rings. The highest BCUT2D eigenvalue weighted by atomic mass is 32.2. The molecule has 0 saturated heterocycles. The summed E-state index contributed by atoms with van der Waals surface area (Å²) >= 11 is 1.32. The lowest BCUT2D eigenvalue weighted by Crippen LogP contribution is -2.14. The molecule has 0 spiro atoms. The van der Waals surface area contributed by atoms with Crippen LogP contribution >= 0.6 is 11.8 Å². The molecule has 0 aromatic carbocycles. The number of hydrogen-bond donors (Lipinski definition) is 1. The Bertz CT molecular complexity index is 451. The average molecular weight is 296 g/mol. The van der Waals surface area contributed by atoms with Gasteiger partial charge >= 0.3 is 5.97 Å². The van der Waals surface area contributed by atoms with Crippen molar-refractivity contribution in [2.75, 3.05) is 5.75 Å². The summed E-state index contributed by atoms with van der Waals surface area (Å²) in [6.45, 7) is 5.27. The van der Waals surface area contributed by atoms with Gasteiger partial charge in [-0.2, -0.15) is 0 Å². The van der Waals surface area contributed by atoms with E-state index in [1.54, 1.807) is 0 Å². The van der Waals surface area contributed by atoms with Crippen LogP contribution in [0.5, 0.6) is 0 Å². The van der Waals surface area contributed by atoms with E-state index in [2.05, 4.69) is 16.5 Å². The van der Waals surface area contributed by atoms with Gasteiger partial charge in [0, 0.05) is 12.7 Å². The number of aryl methyl sites for hydroxylation is 2. The number of carbonyl (C=O) groups is 1. The summed E-state index contributed by atoms with van der Waals surface area (Å²) in [4.78, 5) is 15.1. The third-order valence-electron chi connectivity index (χ3n) is 4.10. The average Bonchev–Trinajstić information content (AvgIpc) is 2.76. The minimum atomic E-state index is -0.788. The molecule has 1 N–H and O–H groups in total. The second kappa shape index (κ2) is 7.16. The van der Waals surface area contributed by atoms with Gasteiger partial charge in [0.15, 0.2) is 5.16 Å². The normalized spacial score (nSPS) is 22.9. The van der Waals surface area contributed by atoms with E-state index in [-0.39, 0.29) is 5.75 Å². The summed E-state index contributed by atoms with van der Waals surface area (Å²) in [7, 11) is 0. The number of carboxylic acids is 1. The molecule has 20 heavy (non-hydrogen) atoms. The second-order valence-electron chi connectivity index (χ2n) is 5.96. The summed E-state index contributed by atoms with van der Waals surface area (Å²) in [5, 5.41) is 9.61. The van der Waals surface area contributed by atoms with Gasteiger partial charge in [0.1, 0.15) is 0 Å². The zero-order chi connectivity index (χ0) is 14.5. The maximum Gasteiger partial charge on any atom is 0.313 e. The van der Waals surface area contributed by atoms with E-state index in [4.69, 9.17) is 5.11 Å². The fourth-order valence-corrected chi connectivity index (χ4v) is 3.64. The van der Waals surface area contributed by atoms with Gasteiger partial charge in [-0.3, -0.25) is 4.79 Å². The lowest BCUT2D eigenvalue weighted by Gasteiger charge is -2.26. The number of carboxylic acid groups (broad SMARTS) is 1. The fourth-order valence-electron chi connectivity index (χ4n) is 2.87. The number of thioether (sulfide) groups is 1. The molecule has 0 amide bonds. The highest BCUT2D eigenvalue weighted by Gasteiger charge is 2.18. The molecule has 2 rings (SSSR count). The Morgan fingerprint density at radius 3 is 2.80 bits per heavy atom.